The van der Waals surface area contributed by atoms with E-state index in [0.29, 0.717) is 16.6 Å². The number of alkyl carbamates (subject to hydrolysis) is 1. The summed E-state index contributed by atoms with van der Waals surface area (Å²) < 4.78 is 9.85. The maximum atomic E-state index is 12.2. The van der Waals surface area contributed by atoms with Crippen LogP contribution in [0.4, 0.5) is 4.79 Å². The number of fused-ring (bicyclic) bond motifs is 2. The molecule has 1 aromatic heterocycles. The van der Waals surface area contributed by atoms with Crippen molar-refractivity contribution in [3.05, 3.63) is 59.7 Å². The quantitative estimate of drug-likeness (QED) is 0.227. The SMILES string of the molecule is C=CC(=O)OCCNC(=O)OCc1ccc(O)c(-n2nc3cc4c(cc3n2)C(=O)N(C)C4=O)c1. The highest BCUT2D eigenvalue weighted by Gasteiger charge is 2.33. The second kappa shape index (κ2) is 9.02. The van der Waals surface area contributed by atoms with Crippen LogP contribution in [0.15, 0.2) is 43.0 Å². The number of imide groups is 1. The van der Waals surface area contributed by atoms with Crippen LogP contribution in [-0.2, 0) is 20.9 Å². The average Bonchev–Trinajstić information content (AvgIpc) is 3.34. The van der Waals surface area contributed by atoms with Gasteiger partial charge in [0.15, 0.2) is 0 Å². The van der Waals surface area contributed by atoms with Crippen LogP contribution in [0.1, 0.15) is 26.3 Å². The van der Waals surface area contributed by atoms with E-state index in [0.717, 1.165) is 11.0 Å². The minimum absolute atomic E-state index is 0.0290. The van der Waals surface area contributed by atoms with Crippen molar-refractivity contribution in [1.29, 1.82) is 0 Å². The summed E-state index contributed by atoms with van der Waals surface area (Å²) in [7, 11) is 1.40. The number of benzene rings is 2. The van der Waals surface area contributed by atoms with E-state index in [4.69, 9.17) is 9.47 Å². The predicted molar refractivity (Wildman–Crippen MR) is 116 cm³/mol. The Balaban J connectivity index is 1.47. The molecule has 3 amide bonds. The summed E-state index contributed by atoms with van der Waals surface area (Å²) in [5, 5.41) is 21.3. The fourth-order valence-electron chi connectivity index (χ4n) is 3.26. The van der Waals surface area contributed by atoms with Crippen LogP contribution in [0.5, 0.6) is 5.75 Å². The van der Waals surface area contributed by atoms with E-state index in [1.807, 2.05) is 0 Å². The van der Waals surface area contributed by atoms with Gasteiger partial charge in [0.25, 0.3) is 11.8 Å². The third-order valence-corrected chi connectivity index (χ3v) is 5.00. The summed E-state index contributed by atoms with van der Waals surface area (Å²) in [6.07, 6.45) is 0.295. The molecule has 0 saturated carbocycles. The average molecular weight is 465 g/mol. The number of carbonyl (C=O) groups is 4. The molecule has 12 nitrogen and oxygen atoms in total. The summed E-state index contributed by atoms with van der Waals surface area (Å²) in [4.78, 5) is 49.4. The molecule has 0 aliphatic carbocycles. The molecule has 12 heteroatoms. The molecule has 1 aliphatic heterocycles. The van der Waals surface area contributed by atoms with E-state index < -0.39 is 23.9 Å². The third kappa shape index (κ3) is 4.28. The molecule has 0 atom stereocenters. The van der Waals surface area contributed by atoms with Crippen molar-refractivity contribution in [2.75, 3.05) is 20.2 Å². The van der Waals surface area contributed by atoms with Crippen molar-refractivity contribution in [3.8, 4) is 11.4 Å². The fourth-order valence-corrected chi connectivity index (χ4v) is 3.26. The predicted octanol–water partition coefficient (Wildman–Crippen LogP) is 1.31. The Labute approximate surface area is 192 Å². The maximum Gasteiger partial charge on any atom is 0.407 e. The van der Waals surface area contributed by atoms with Gasteiger partial charge in [-0.25, -0.2) is 9.59 Å². The first-order valence-corrected chi connectivity index (χ1v) is 10.0. The topological polar surface area (TPSA) is 153 Å². The van der Waals surface area contributed by atoms with Crippen molar-refractivity contribution < 1.29 is 33.8 Å². The lowest BCUT2D eigenvalue weighted by atomic mass is 10.1. The van der Waals surface area contributed by atoms with Crippen molar-refractivity contribution >= 4 is 34.9 Å². The number of aromatic nitrogens is 3. The zero-order valence-corrected chi connectivity index (χ0v) is 18.0. The molecule has 34 heavy (non-hydrogen) atoms. The zero-order valence-electron chi connectivity index (χ0n) is 18.0. The Morgan fingerprint density at radius 1 is 1.09 bits per heavy atom. The molecule has 0 fully saturated rings. The molecule has 3 aromatic rings. The van der Waals surface area contributed by atoms with Crippen LogP contribution in [0.3, 0.4) is 0 Å². The monoisotopic (exact) mass is 465 g/mol. The van der Waals surface area contributed by atoms with Crippen LogP contribution in [-0.4, -0.2) is 69.1 Å². The van der Waals surface area contributed by atoms with Gasteiger partial charge < -0.3 is 19.9 Å². The molecule has 2 heterocycles. The van der Waals surface area contributed by atoms with Crippen LogP contribution >= 0.6 is 0 Å². The third-order valence-electron chi connectivity index (χ3n) is 5.00. The molecule has 0 unspecified atom stereocenters. The molecule has 174 valence electrons. The van der Waals surface area contributed by atoms with Gasteiger partial charge in [-0.15, -0.1) is 15.0 Å². The van der Waals surface area contributed by atoms with Gasteiger partial charge >= 0.3 is 12.1 Å². The van der Waals surface area contributed by atoms with Crippen molar-refractivity contribution in [2.45, 2.75) is 6.61 Å². The van der Waals surface area contributed by atoms with Gasteiger partial charge in [0.2, 0.25) is 0 Å². The number of carbonyl (C=O) groups excluding carboxylic acids is 4. The highest BCUT2D eigenvalue weighted by Crippen LogP contribution is 2.28. The van der Waals surface area contributed by atoms with Gasteiger partial charge in [-0.2, -0.15) is 0 Å². The number of esters is 1. The normalized spacial score (nSPS) is 12.6. The molecule has 2 N–H and O–H groups in total. The number of ether oxygens (including phenoxy) is 2. The minimum atomic E-state index is -0.721. The minimum Gasteiger partial charge on any atom is -0.506 e. The van der Waals surface area contributed by atoms with Crippen LogP contribution in [0.25, 0.3) is 16.7 Å². The first-order chi connectivity index (χ1) is 16.3. The Bertz CT molecular complexity index is 1290. The van der Waals surface area contributed by atoms with Crippen LogP contribution in [0, 0.1) is 0 Å². The molecule has 1 aliphatic rings. The lowest BCUT2D eigenvalue weighted by molar-refractivity contribution is -0.137. The Morgan fingerprint density at radius 3 is 2.35 bits per heavy atom. The molecule has 0 bridgehead atoms. The fraction of sp³-hybridized carbons (Fsp3) is 0.182. The highest BCUT2D eigenvalue weighted by atomic mass is 16.6. The van der Waals surface area contributed by atoms with Gasteiger partial charge in [-0.3, -0.25) is 14.5 Å². The Kier molecular flexibility index (Phi) is 5.95. The summed E-state index contributed by atoms with van der Waals surface area (Å²) in [5.74, 6) is -1.56. The van der Waals surface area contributed by atoms with Crippen molar-refractivity contribution in [1.82, 2.24) is 25.2 Å². The van der Waals surface area contributed by atoms with Crippen LogP contribution < -0.4 is 5.32 Å². The molecular formula is C22H19N5O7. The van der Waals surface area contributed by atoms with Gasteiger partial charge in [-0.05, 0) is 29.8 Å². The number of phenolic OH excluding ortho intramolecular Hbond substituents is 1. The first kappa shape index (κ1) is 22.5. The summed E-state index contributed by atoms with van der Waals surface area (Å²) in [5.41, 5.74) is 1.97. The van der Waals surface area contributed by atoms with Gasteiger partial charge in [0.05, 0.1) is 17.7 Å². The smallest absolute Gasteiger partial charge is 0.407 e. The highest BCUT2D eigenvalue weighted by molar-refractivity contribution is 6.22. The standard InChI is InChI=1S/C22H19N5O7/c1-3-19(29)33-7-6-23-22(32)34-11-12-4-5-18(28)17(8-12)27-24-15-9-13-14(10-16(15)25-27)21(31)26(2)20(13)30/h3-5,8-10,28H,1,6-7,11H2,2H3,(H,23,32). The number of nitrogens with one attached hydrogen (secondary N) is 1. The van der Waals surface area contributed by atoms with E-state index in [9.17, 15) is 24.3 Å². The Morgan fingerprint density at radius 2 is 1.74 bits per heavy atom. The number of phenols is 1. The van der Waals surface area contributed by atoms with Crippen molar-refractivity contribution in [2.24, 2.45) is 0 Å². The number of hydrogen-bond donors (Lipinski definition) is 2. The molecule has 0 saturated heterocycles. The van der Waals surface area contributed by atoms with Gasteiger partial charge in [-0.1, -0.05) is 12.6 Å². The number of nitrogens with zero attached hydrogens (tertiary/aromatic N) is 4. The molecular weight excluding hydrogens is 446 g/mol. The lowest BCUT2D eigenvalue weighted by Gasteiger charge is -2.09. The summed E-state index contributed by atoms with van der Waals surface area (Å²) in [6, 6.07) is 7.46. The Hall–Kier alpha value is -4.74. The maximum absolute atomic E-state index is 12.2. The summed E-state index contributed by atoms with van der Waals surface area (Å²) >= 11 is 0. The number of rotatable bonds is 7. The van der Waals surface area contributed by atoms with Crippen molar-refractivity contribution in [3.63, 3.8) is 0 Å². The van der Waals surface area contributed by atoms with Gasteiger partial charge in [0, 0.05) is 13.1 Å². The summed E-state index contributed by atoms with van der Waals surface area (Å²) in [6.45, 7) is 3.18. The van der Waals surface area contributed by atoms with E-state index in [1.165, 1.54) is 36.1 Å². The number of hydrogen-bond acceptors (Lipinski definition) is 9. The van der Waals surface area contributed by atoms with E-state index in [2.05, 4.69) is 22.1 Å². The molecule has 2 aromatic carbocycles. The van der Waals surface area contributed by atoms with E-state index >= 15 is 0 Å². The zero-order chi connectivity index (χ0) is 24.4. The van der Waals surface area contributed by atoms with Crippen LogP contribution in [0.2, 0.25) is 0 Å². The number of amides is 3. The molecule has 4 rings (SSSR count). The second-order valence-electron chi connectivity index (χ2n) is 7.24. The first-order valence-electron chi connectivity index (χ1n) is 10.0. The molecule has 0 radical (unpaired) electrons. The number of aromatic hydroxyl groups is 1. The lowest BCUT2D eigenvalue weighted by Crippen LogP contribution is -2.28. The molecule has 0 spiro atoms. The van der Waals surface area contributed by atoms with Gasteiger partial charge in [0.1, 0.15) is 35.7 Å². The van der Waals surface area contributed by atoms with E-state index in [1.54, 1.807) is 6.07 Å². The second-order valence-corrected chi connectivity index (χ2v) is 7.24. The largest absolute Gasteiger partial charge is 0.506 e. The van der Waals surface area contributed by atoms with E-state index in [-0.39, 0.29) is 42.3 Å².